The van der Waals surface area contributed by atoms with Crippen LogP contribution in [-0.2, 0) is 14.4 Å². The first-order chi connectivity index (χ1) is 11.5. The number of benzene rings is 1. The van der Waals surface area contributed by atoms with Crippen molar-refractivity contribution in [1.82, 2.24) is 4.90 Å². The van der Waals surface area contributed by atoms with E-state index in [0.717, 1.165) is 4.90 Å². The number of amides is 3. The summed E-state index contributed by atoms with van der Waals surface area (Å²) >= 11 is 0. The summed E-state index contributed by atoms with van der Waals surface area (Å²) in [5.74, 6) is -0.827. The van der Waals surface area contributed by atoms with Crippen LogP contribution in [0.25, 0.3) is 0 Å². The quantitative estimate of drug-likeness (QED) is 0.677. The Morgan fingerprint density at radius 2 is 1.67 bits per heavy atom. The average Bonchev–Trinajstić information content (AvgIpc) is 2.86. The first-order valence-corrected chi connectivity index (χ1v) is 7.99. The van der Waals surface area contributed by atoms with Crippen LogP contribution in [-0.4, -0.2) is 35.8 Å². The molecule has 0 spiro atoms. The average molecular weight is 328 g/mol. The number of hydrogen-bond donors (Lipinski definition) is 1. The van der Waals surface area contributed by atoms with E-state index in [0.29, 0.717) is 24.3 Å². The Balaban J connectivity index is 1.71. The topological polar surface area (TPSA) is 75.7 Å². The van der Waals surface area contributed by atoms with Crippen molar-refractivity contribution in [3.8, 4) is 5.75 Å². The van der Waals surface area contributed by atoms with Gasteiger partial charge in [-0.2, -0.15) is 0 Å². The summed E-state index contributed by atoms with van der Waals surface area (Å²) in [6.45, 7) is 1.58. The van der Waals surface area contributed by atoms with Gasteiger partial charge in [0.1, 0.15) is 11.8 Å². The molecule has 1 aliphatic heterocycles. The summed E-state index contributed by atoms with van der Waals surface area (Å²) < 4.78 is 5.07. The fourth-order valence-electron chi connectivity index (χ4n) is 3.25. The highest BCUT2D eigenvalue weighted by atomic mass is 16.5. The van der Waals surface area contributed by atoms with E-state index in [2.05, 4.69) is 5.32 Å². The van der Waals surface area contributed by atoms with Crippen molar-refractivity contribution in [1.29, 1.82) is 0 Å². The van der Waals surface area contributed by atoms with Crippen molar-refractivity contribution < 1.29 is 19.1 Å². The zero-order valence-corrected chi connectivity index (χ0v) is 13.7. The van der Waals surface area contributed by atoms with Crippen molar-refractivity contribution in [2.75, 3.05) is 12.4 Å². The van der Waals surface area contributed by atoms with Crippen LogP contribution in [0.2, 0.25) is 0 Å². The first kappa shape index (κ1) is 16.2. The zero-order valence-electron chi connectivity index (χ0n) is 13.7. The molecule has 1 aromatic rings. The smallest absolute Gasteiger partial charge is 0.247 e. The van der Waals surface area contributed by atoms with Gasteiger partial charge in [-0.05, 0) is 44.0 Å². The van der Waals surface area contributed by atoms with Crippen LogP contribution >= 0.6 is 0 Å². The minimum atomic E-state index is -0.835. The monoisotopic (exact) mass is 328 g/mol. The second-order valence-electron chi connectivity index (χ2n) is 6.10. The molecule has 0 saturated carbocycles. The Labute approximate surface area is 140 Å². The van der Waals surface area contributed by atoms with Gasteiger partial charge >= 0.3 is 0 Å². The highest BCUT2D eigenvalue weighted by Crippen LogP contribution is 2.36. The maximum absolute atomic E-state index is 12.5. The summed E-state index contributed by atoms with van der Waals surface area (Å²) in [5.41, 5.74) is 0.589. The Bertz CT molecular complexity index is 669. The zero-order chi connectivity index (χ0) is 17.3. The molecule has 1 heterocycles. The van der Waals surface area contributed by atoms with Crippen LogP contribution in [0.1, 0.15) is 19.8 Å². The van der Waals surface area contributed by atoms with Crippen molar-refractivity contribution in [3.63, 3.8) is 0 Å². The van der Waals surface area contributed by atoms with E-state index in [4.69, 9.17) is 4.74 Å². The van der Waals surface area contributed by atoms with Gasteiger partial charge in [0, 0.05) is 5.69 Å². The van der Waals surface area contributed by atoms with Gasteiger partial charge in [-0.1, -0.05) is 12.2 Å². The maximum Gasteiger partial charge on any atom is 0.247 e. The minimum absolute atomic E-state index is 0.244. The number of fused-ring (bicyclic) bond motifs is 1. The Morgan fingerprint density at radius 3 is 2.17 bits per heavy atom. The molecule has 3 rings (SSSR count). The number of carbonyl (C=O) groups excluding carboxylic acids is 3. The molecule has 1 aliphatic carbocycles. The van der Waals surface area contributed by atoms with E-state index in [1.807, 2.05) is 12.2 Å². The van der Waals surface area contributed by atoms with Crippen LogP contribution in [0.15, 0.2) is 36.4 Å². The molecule has 24 heavy (non-hydrogen) atoms. The molecular weight excluding hydrogens is 308 g/mol. The molecule has 1 saturated heterocycles. The van der Waals surface area contributed by atoms with E-state index in [-0.39, 0.29) is 29.6 Å². The predicted molar refractivity (Wildman–Crippen MR) is 88.3 cm³/mol. The number of hydrogen-bond acceptors (Lipinski definition) is 4. The minimum Gasteiger partial charge on any atom is -0.497 e. The van der Waals surface area contributed by atoms with E-state index in [1.54, 1.807) is 38.3 Å². The summed E-state index contributed by atoms with van der Waals surface area (Å²) in [5, 5.41) is 2.74. The van der Waals surface area contributed by atoms with Gasteiger partial charge < -0.3 is 10.1 Å². The van der Waals surface area contributed by atoms with Gasteiger partial charge in [0.05, 0.1) is 18.9 Å². The SMILES string of the molecule is COc1ccc(NC(=O)[C@H](C)N2C(=O)[C@H]3CC=CC[C@@H]3C2=O)cc1. The standard InChI is InChI=1S/C18H20N2O4/c1-11(16(21)19-12-7-9-13(24-2)10-8-12)20-17(22)14-5-3-4-6-15(14)18(20)23/h3-4,7-11,14-15H,5-6H2,1-2H3,(H,19,21)/t11-,14-,15-/m0/s1. The third kappa shape index (κ3) is 2.79. The van der Waals surface area contributed by atoms with Crippen LogP contribution in [0.4, 0.5) is 5.69 Å². The summed E-state index contributed by atoms with van der Waals surface area (Å²) in [6.07, 6.45) is 4.99. The molecule has 0 radical (unpaired) electrons. The van der Waals surface area contributed by atoms with Gasteiger partial charge in [0.15, 0.2) is 0 Å². The van der Waals surface area contributed by atoms with E-state index < -0.39 is 6.04 Å². The molecule has 126 valence electrons. The molecule has 1 N–H and O–H groups in total. The number of anilines is 1. The molecule has 2 aliphatic rings. The van der Waals surface area contributed by atoms with Gasteiger partial charge in [-0.3, -0.25) is 19.3 Å². The molecule has 0 bridgehead atoms. The lowest BCUT2D eigenvalue weighted by atomic mass is 9.85. The summed E-state index contributed by atoms with van der Waals surface area (Å²) in [6, 6.07) is 6.04. The number of likely N-dealkylation sites (tertiary alicyclic amines) is 1. The van der Waals surface area contributed by atoms with Crippen LogP contribution < -0.4 is 10.1 Å². The van der Waals surface area contributed by atoms with Gasteiger partial charge in [0.2, 0.25) is 17.7 Å². The van der Waals surface area contributed by atoms with Crippen LogP contribution in [0.3, 0.4) is 0 Å². The molecule has 1 fully saturated rings. The maximum atomic E-state index is 12.5. The number of ether oxygens (including phenoxy) is 1. The third-order valence-electron chi connectivity index (χ3n) is 4.67. The Hall–Kier alpha value is -2.63. The molecule has 0 aromatic heterocycles. The molecule has 3 atom stereocenters. The molecule has 0 unspecified atom stereocenters. The second kappa shape index (κ2) is 6.47. The number of carbonyl (C=O) groups is 3. The fraction of sp³-hybridized carbons (Fsp3) is 0.389. The van der Waals surface area contributed by atoms with Gasteiger partial charge in [0.25, 0.3) is 0 Å². The second-order valence-corrected chi connectivity index (χ2v) is 6.10. The summed E-state index contributed by atoms with van der Waals surface area (Å²) in [4.78, 5) is 38.6. The number of methoxy groups -OCH3 is 1. The van der Waals surface area contributed by atoms with Crippen molar-refractivity contribution in [2.45, 2.75) is 25.8 Å². The number of allylic oxidation sites excluding steroid dienone is 2. The molecule has 3 amide bonds. The molecule has 1 aromatic carbocycles. The third-order valence-corrected chi connectivity index (χ3v) is 4.67. The predicted octanol–water partition coefficient (Wildman–Crippen LogP) is 1.97. The normalized spacial score (nSPS) is 23.8. The Kier molecular flexibility index (Phi) is 4.38. The fourth-order valence-corrected chi connectivity index (χ4v) is 3.25. The van der Waals surface area contributed by atoms with Crippen molar-refractivity contribution in [2.24, 2.45) is 11.8 Å². The van der Waals surface area contributed by atoms with E-state index in [9.17, 15) is 14.4 Å². The number of rotatable bonds is 4. The van der Waals surface area contributed by atoms with Crippen molar-refractivity contribution in [3.05, 3.63) is 36.4 Å². The lowest BCUT2D eigenvalue weighted by molar-refractivity contribution is -0.146. The molecule has 6 heteroatoms. The first-order valence-electron chi connectivity index (χ1n) is 7.99. The number of nitrogens with zero attached hydrogens (tertiary/aromatic N) is 1. The van der Waals surface area contributed by atoms with E-state index >= 15 is 0 Å². The van der Waals surface area contributed by atoms with Crippen LogP contribution in [0.5, 0.6) is 5.75 Å². The lowest BCUT2D eigenvalue weighted by Crippen LogP contribution is -2.46. The van der Waals surface area contributed by atoms with Gasteiger partial charge in [-0.15, -0.1) is 0 Å². The molecule has 6 nitrogen and oxygen atoms in total. The van der Waals surface area contributed by atoms with Gasteiger partial charge in [-0.25, -0.2) is 0 Å². The summed E-state index contributed by atoms with van der Waals surface area (Å²) in [7, 11) is 1.56. The Morgan fingerprint density at radius 1 is 1.12 bits per heavy atom. The van der Waals surface area contributed by atoms with Crippen molar-refractivity contribution >= 4 is 23.4 Å². The highest BCUT2D eigenvalue weighted by Gasteiger charge is 2.50. The molecular formula is C18H20N2O4. The van der Waals surface area contributed by atoms with E-state index in [1.165, 1.54) is 0 Å². The number of nitrogens with one attached hydrogen (secondary N) is 1. The number of imide groups is 1. The van der Waals surface area contributed by atoms with Crippen LogP contribution in [0, 0.1) is 11.8 Å². The lowest BCUT2D eigenvalue weighted by Gasteiger charge is -2.22. The largest absolute Gasteiger partial charge is 0.497 e. The highest BCUT2D eigenvalue weighted by molar-refractivity contribution is 6.10.